The average molecular weight is 381 g/mol. The third-order valence-corrected chi connectivity index (χ3v) is 6.11. The van der Waals surface area contributed by atoms with Crippen LogP contribution in [0, 0.1) is 11.3 Å². The number of hydrogen-bond donors (Lipinski definition) is 0. The molecule has 0 aromatic heterocycles. The number of hydrogen-bond acceptors (Lipinski definition) is 5. The molecule has 0 fully saturated rings. The lowest BCUT2D eigenvalue weighted by Gasteiger charge is -2.42. The highest BCUT2D eigenvalue weighted by atomic mass is 16.5. The summed E-state index contributed by atoms with van der Waals surface area (Å²) in [7, 11) is 6.57. The van der Waals surface area contributed by atoms with Crippen LogP contribution >= 0.6 is 0 Å². The van der Waals surface area contributed by atoms with Gasteiger partial charge in [-0.1, -0.05) is 0 Å². The number of rotatable bonds is 4. The Labute approximate surface area is 165 Å². The molecular formula is C22H25N2O4+. The second-order valence-electron chi connectivity index (χ2n) is 7.42. The van der Waals surface area contributed by atoms with E-state index in [-0.39, 0.29) is 6.04 Å². The maximum Gasteiger partial charge on any atom is 0.203 e. The lowest BCUT2D eigenvalue weighted by molar-refractivity contribution is -0.970. The van der Waals surface area contributed by atoms with E-state index >= 15 is 0 Å². The molecule has 4 rings (SSSR count). The Balaban J connectivity index is 1.77. The average Bonchev–Trinajstić information content (AvgIpc) is 3.08. The van der Waals surface area contributed by atoms with Gasteiger partial charge in [0.05, 0.1) is 35.0 Å². The van der Waals surface area contributed by atoms with Crippen LogP contribution in [0.3, 0.4) is 0 Å². The lowest BCUT2D eigenvalue weighted by Crippen LogP contribution is -2.49. The Kier molecular flexibility index (Phi) is 4.56. The zero-order valence-corrected chi connectivity index (χ0v) is 16.7. The number of nitriles is 1. The number of methoxy groups -OCH3 is 4. The van der Waals surface area contributed by atoms with E-state index in [9.17, 15) is 5.26 Å². The molecule has 6 nitrogen and oxygen atoms in total. The summed E-state index contributed by atoms with van der Waals surface area (Å²) in [6, 6.07) is 10.4. The van der Waals surface area contributed by atoms with Crippen molar-refractivity contribution in [1.29, 1.82) is 5.26 Å². The summed E-state index contributed by atoms with van der Waals surface area (Å²) in [6.07, 6.45) is 0.899. The molecule has 1 spiro atoms. The van der Waals surface area contributed by atoms with Gasteiger partial charge in [-0.05, 0) is 29.8 Å². The topological polar surface area (TPSA) is 60.7 Å². The summed E-state index contributed by atoms with van der Waals surface area (Å²) >= 11 is 0. The highest BCUT2D eigenvalue weighted by Gasteiger charge is 2.47. The van der Waals surface area contributed by atoms with E-state index in [0.717, 1.165) is 43.1 Å². The zero-order chi connectivity index (χ0) is 19.9. The Bertz CT molecular complexity index is 931. The molecule has 2 aromatic rings. The van der Waals surface area contributed by atoms with E-state index in [1.807, 2.05) is 12.1 Å². The van der Waals surface area contributed by atoms with Gasteiger partial charge >= 0.3 is 0 Å². The van der Waals surface area contributed by atoms with Crippen molar-refractivity contribution < 1.29 is 23.4 Å². The molecule has 0 N–H and O–H groups in total. The maximum atomic E-state index is 10.1. The van der Waals surface area contributed by atoms with Crippen molar-refractivity contribution in [2.24, 2.45) is 0 Å². The first kappa shape index (κ1) is 18.5. The van der Waals surface area contributed by atoms with Gasteiger partial charge in [0.1, 0.15) is 19.2 Å². The highest BCUT2D eigenvalue weighted by molar-refractivity contribution is 5.51. The molecule has 1 unspecified atom stereocenters. The maximum absolute atomic E-state index is 10.1. The van der Waals surface area contributed by atoms with Crippen LogP contribution in [0.5, 0.6) is 23.0 Å². The van der Waals surface area contributed by atoms with Gasteiger partial charge in [-0.25, -0.2) is 0 Å². The summed E-state index contributed by atoms with van der Waals surface area (Å²) < 4.78 is 22.6. The Morgan fingerprint density at radius 1 is 0.786 bits per heavy atom. The molecule has 0 amide bonds. The van der Waals surface area contributed by atoms with Crippen LogP contribution in [-0.4, -0.2) is 39.5 Å². The predicted molar refractivity (Wildman–Crippen MR) is 104 cm³/mol. The number of quaternary nitrogens is 1. The van der Waals surface area contributed by atoms with E-state index < -0.39 is 0 Å². The molecule has 0 saturated heterocycles. The molecule has 0 aliphatic carbocycles. The molecule has 0 radical (unpaired) electrons. The normalized spacial score (nSPS) is 18.8. The minimum atomic E-state index is -0.257. The van der Waals surface area contributed by atoms with E-state index in [1.54, 1.807) is 28.4 Å². The molecule has 2 aliphatic rings. The van der Waals surface area contributed by atoms with Gasteiger partial charge in [-0.3, -0.25) is 4.48 Å². The van der Waals surface area contributed by atoms with Crippen LogP contribution in [0.15, 0.2) is 24.3 Å². The fourth-order valence-electron chi connectivity index (χ4n) is 4.70. The van der Waals surface area contributed by atoms with Crippen molar-refractivity contribution in [2.75, 3.05) is 35.0 Å². The quantitative estimate of drug-likeness (QED) is 0.760. The fraction of sp³-hybridized carbons (Fsp3) is 0.409. The van der Waals surface area contributed by atoms with Crippen molar-refractivity contribution in [1.82, 2.24) is 0 Å². The summed E-state index contributed by atoms with van der Waals surface area (Å²) in [4.78, 5) is 0. The van der Waals surface area contributed by atoms with Gasteiger partial charge in [0.15, 0.2) is 23.0 Å². The van der Waals surface area contributed by atoms with E-state index in [1.165, 1.54) is 16.7 Å². The number of ether oxygens (including phenoxy) is 4. The number of benzene rings is 2. The third-order valence-electron chi connectivity index (χ3n) is 6.11. The SMILES string of the molecule is COc1cc2c(cc1OC)C[N+]1(CCc3cc(OC)c(OC)cc3C1C#N)C2. The van der Waals surface area contributed by atoms with Crippen LogP contribution in [0.1, 0.15) is 28.3 Å². The number of nitrogens with zero attached hydrogens (tertiary/aromatic N) is 2. The first-order chi connectivity index (χ1) is 13.6. The largest absolute Gasteiger partial charge is 0.493 e. The summed E-state index contributed by atoms with van der Waals surface area (Å²) in [5.74, 6) is 2.85. The van der Waals surface area contributed by atoms with Crippen LogP contribution < -0.4 is 18.9 Å². The first-order valence-electron chi connectivity index (χ1n) is 9.33. The van der Waals surface area contributed by atoms with Crippen molar-refractivity contribution in [3.8, 4) is 29.1 Å². The molecule has 2 aromatic carbocycles. The molecule has 28 heavy (non-hydrogen) atoms. The van der Waals surface area contributed by atoms with Crippen molar-refractivity contribution in [2.45, 2.75) is 25.6 Å². The minimum Gasteiger partial charge on any atom is -0.493 e. The van der Waals surface area contributed by atoms with Gasteiger partial charge in [-0.15, -0.1) is 0 Å². The van der Waals surface area contributed by atoms with Crippen LogP contribution in [0.25, 0.3) is 0 Å². The molecule has 0 saturated carbocycles. The second-order valence-corrected chi connectivity index (χ2v) is 7.42. The third kappa shape index (κ3) is 2.66. The summed E-state index contributed by atoms with van der Waals surface area (Å²) in [5, 5.41) is 10.1. The van der Waals surface area contributed by atoms with Gasteiger partial charge < -0.3 is 18.9 Å². The number of fused-ring (bicyclic) bond motifs is 2. The lowest BCUT2D eigenvalue weighted by atomic mass is 9.90. The fourth-order valence-corrected chi connectivity index (χ4v) is 4.70. The molecular weight excluding hydrogens is 356 g/mol. The van der Waals surface area contributed by atoms with Crippen molar-refractivity contribution >= 4 is 0 Å². The smallest absolute Gasteiger partial charge is 0.203 e. The summed E-state index contributed by atoms with van der Waals surface area (Å²) in [5.41, 5.74) is 4.65. The first-order valence-corrected chi connectivity index (χ1v) is 9.33. The Hall–Kier alpha value is -2.91. The van der Waals surface area contributed by atoms with E-state index in [0.29, 0.717) is 16.0 Å². The van der Waals surface area contributed by atoms with Crippen molar-refractivity contribution in [3.05, 3.63) is 46.5 Å². The Morgan fingerprint density at radius 2 is 1.25 bits per heavy atom. The van der Waals surface area contributed by atoms with Gasteiger partial charge in [-0.2, -0.15) is 5.26 Å². The second kappa shape index (κ2) is 6.92. The minimum absolute atomic E-state index is 0.257. The van der Waals surface area contributed by atoms with Crippen LogP contribution in [-0.2, 0) is 19.5 Å². The van der Waals surface area contributed by atoms with E-state index in [2.05, 4.69) is 18.2 Å². The predicted octanol–water partition coefficient (Wildman–Crippen LogP) is 3.37. The molecule has 0 bridgehead atoms. The van der Waals surface area contributed by atoms with Crippen LogP contribution in [0.2, 0.25) is 0 Å². The molecule has 2 aliphatic heterocycles. The molecule has 6 heteroatoms. The van der Waals surface area contributed by atoms with Gasteiger partial charge in [0, 0.05) is 23.1 Å². The van der Waals surface area contributed by atoms with Crippen molar-refractivity contribution in [3.63, 3.8) is 0 Å². The monoisotopic (exact) mass is 381 g/mol. The zero-order valence-electron chi connectivity index (χ0n) is 16.7. The molecule has 146 valence electrons. The van der Waals surface area contributed by atoms with E-state index in [4.69, 9.17) is 18.9 Å². The highest BCUT2D eigenvalue weighted by Crippen LogP contribution is 2.47. The van der Waals surface area contributed by atoms with Gasteiger partial charge in [0.2, 0.25) is 6.04 Å². The van der Waals surface area contributed by atoms with Crippen LogP contribution in [0.4, 0.5) is 0 Å². The molecule has 1 atom stereocenters. The standard InChI is InChI=1S/C22H25N2O4/c1-25-19-7-14-5-6-24(18(11-23)17(14)10-22(19)28-4)12-15-8-20(26-2)21(27-3)9-16(15)13-24/h7-10,18H,5-6,12-13H2,1-4H3/q+1. The Morgan fingerprint density at radius 3 is 1.71 bits per heavy atom. The van der Waals surface area contributed by atoms with Gasteiger partial charge in [0.25, 0.3) is 0 Å². The molecule has 2 heterocycles. The summed E-state index contributed by atoms with van der Waals surface area (Å²) in [6.45, 7) is 2.52.